The number of aryl methyl sites for hydroxylation is 1. The van der Waals surface area contributed by atoms with Crippen LogP contribution in [0.25, 0.3) is 10.9 Å². The fourth-order valence-corrected chi connectivity index (χ4v) is 4.28. The number of nitrogens with zero attached hydrogens (tertiary/aromatic N) is 3. The minimum absolute atomic E-state index is 0.238. The van der Waals surface area contributed by atoms with Gasteiger partial charge in [-0.05, 0) is 44.0 Å². The lowest BCUT2D eigenvalue weighted by Gasteiger charge is -2.31. The largest absolute Gasteiger partial charge is 0.333 e. The Labute approximate surface area is 137 Å². The van der Waals surface area contributed by atoms with Gasteiger partial charge in [-0.2, -0.15) is 0 Å². The second kappa shape index (κ2) is 5.68. The van der Waals surface area contributed by atoms with Crippen LogP contribution in [0.2, 0.25) is 0 Å². The number of amides is 1. The molecule has 0 N–H and O–H groups in total. The summed E-state index contributed by atoms with van der Waals surface area (Å²) in [5, 5.41) is 1.37. The number of likely N-dealkylation sites (N-methyl/N-ethyl adjacent to an activating group) is 1. The lowest BCUT2D eigenvalue weighted by Crippen LogP contribution is -2.42. The maximum absolute atomic E-state index is 12.8. The number of para-hydroxylation sites is 1. The minimum atomic E-state index is 0.238. The summed E-state index contributed by atoms with van der Waals surface area (Å²) < 4.78 is 2.29. The van der Waals surface area contributed by atoms with Gasteiger partial charge in [0.1, 0.15) is 6.54 Å². The Bertz CT molecular complexity index is 758. The zero-order chi connectivity index (χ0) is 16.0. The van der Waals surface area contributed by atoms with Crippen LogP contribution in [0.5, 0.6) is 0 Å². The van der Waals surface area contributed by atoms with E-state index >= 15 is 0 Å². The standard InChI is InChI=1S/C19H25N3O/c1-3-20(4-2)11-12-21-17-10-6-8-15-14-7-5-9-16(14)22(19(15)17)13-18(21)23/h6,8,10H,3-5,7,9,11-13H2,1-2H3. The van der Waals surface area contributed by atoms with E-state index in [-0.39, 0.29) is 5.91 Å². The second-order valence-corrected chi connectivity index (χ2v) is 6.61. The van der Waals surface area contributed by atoms with Gasteiger partial charge in [-0.3, -0.25) is 4.79 Å². The van der Waals surface area contributed by atoms with Crippen molar-refractivity contribution in [2.45, 2.75) is 39.7 Å². The van der Waals surface area contributed by atoms with Crippen molar-refractivity contribution in [1.29, 1.82) is 0 Å². The monoisotopic (exact) mass is 311 g/mol. The van der Waals surface area contributed by atoms with Crippen LogP contribution in [0.3, 0.4) is 0 Å². The van der Waals surface area contributed by atoms with Crippen LogP contribution >= 0.6 is 0 Å². The molecule has 122 valence electrons. The highest BCUT2D eigenvalue weighted by Gasteiger charge is 2.31. The highest BCUT2D eigenvalue weighted by molar-refractivity contribution is 6.07. The highest BCUT2D eigenvalue weighted by atomic mass is 16.2. The third kappa shape index (κ3) is 2.19. The molecule has 0 spiro atoms. The Balaban J connectivity index is 1.75. The van der Waals surface area contributed by atoms with E-state index in [9.17, 15) is 4.79 Å². The molecule has 1 aromatic heterocycles. The SMILES string of the molecule is CCN(CC)CCN1C(=O)Cn2c3c(c4cccc1c42)CCC3. The van der Waals surface area contributed by atoms with Crippen molar-refractivity contribution in [2.75, 3.05) is 31.1 Å². The highest BCUT2D eigenvalue weighted by Crippen LogP contribution is 2.40. The molecule has 23 heavy (non-hydrogen) atoms. The molecule has 4 rings (SSSR count). The molecule has 0 unspecified atom stereocenters. The Morgan fingerprint density at radius 2 is 2.00 bits per heavy atom. The molecule has 2 aromatic rings. The van der Waals surface area contributed by atoms with Crippen LogP contribution in [0.1, 0.15) is 31.5 Å². The van der Waals surface area contributed by atoms with Crippen LogP contribution < -0.4 is 4.90 Å². The van der Waals surface area contributed by atoms with Crippen molar-refractivity contribution >= 4 is 22.5 Å². The third-order valence-electron chi connectivity index (χ3n) is 5.54. The molecular weight excluding hydrogens is 286 g/mol. The van der Waals surface area contributed by atoms with Crippen LogP contribution in [0.15, 0.2) is 18.2 Å². The number of fused-ring (bicyclic) bond motifs is 3. The Morgan fingerprint density at radius 3 is 2.78 bits per heavy atom. The van der Waals surface area contributed by atoms with Gasteiger partial charge < -0.3 is 14.4 Å². The topological polar surface area (TPSA) is 28.5 Å². The van der Waals surface area contributed by atoms with Crippen molar-refractivity contribution < 1.29 is 4.79 Å². The van der Waals surface area contributed by atoms with E-state index < -0.39 is 0 Å². The molecule has 0 bridgehead atoms. The summed E-state index contributed by atoms with van der Waals surface area (Å²) in [6, 6.07) is 6.47. The number of aromatic nitrogens is 1. The van der Waals surface area contributed by atoms with E-state index in [1.54, 1.807) is 0 Å². The second-order valence-electron chi connectivity index (χ2n) is 6.61. The summed E-state index contributed by atoms with van der Waals surface area (Å²) in [6.45, 7) is 8.67. The van der Waals surface area contributed by atoms with Gasteiger partial charge in [-0.15, -0.1) is 0 Å². The molecule has 0 atom stereocenters. The fraction of sp³-hybridized carbons (Fsp3) is 0.526. The summed E-state index contributed by atoms with van der Waals surface area (Å²) in [4.78, 5) is 17.2. The fourth-order valence-electron chi connectivity index (χ4n) is 4.28. The molecule has 1 aliphatic heterocycles. The average Bonchev–Trinajstić information content (AvgIpc) is 3.15. The molecule has 4 heteroatoms. The van der Waals surface area contributed by atoms with E-state index in [2.05, 4.69) is 41.5 Å². The van der Waals surface area contributed by atoms with Crippen LogP contribution in [-0.4, -0.2) is 41.6 Å². The number of hydrogen-bond acceptors (Lipinski definition) is 2. The van der Waals surface area contributed by atoms with Gasteiger partial charge in [0.05, 0.1) is 11.2 Å². The van der Waals surface area contributed by atoms with Gasteiger partial charge in [0.15, 0.2) is 0 Å². The van der Waals surface area contributed by atoms with Gasteiger partial charge in [-0.1, -0.05) is 26.0 Å². The van der Waals surface area contributed by atoms with E-state index in [1.165, 1.54) is 28.6 Å². The number of carbonyl (C=O) groups is 1. The smallest absolute Gasteiger partial charge is 0.247 e. The summed E-state index contributed by atoms with van der Waals surface area (Å²) in [5.41, 5.74) is 5.29. The maximum atomic E-state index is 12.8. The number of anilines is 1. The Kier molecular flexibility index (Phi) is 3.64. The zero-order valence-corrected chi connectivity index (χ0v) is 14.1. The summed E-state index contributed by atoms with van der Waals surface area (Å²) in [6.07, 6.45) is 3.51. The molecule has 0 saturated heterocycles. The molecule has 2 heterocycles. The van der Waals surface area contributed by atoms with Crippen molar-refractivity contribution in [2.24, 2.45) is 0 Å². The molecule has 2 aliphatic rings. The summed E-state index contributed by atoms with van der Waals surface area (Å²) in [7, 11) is 0. The van der Waals surface area contributed by atoms with Gasteiger partial charge in [-0.25, -0.2) is 0 Å². The first kappa shape index (κ1) is 14.8. The van der Waals surface area contributed by atoms with Crippen molar-refractivity contribution in [3.8, 4) is 0 Å². The molecule has 0 saturated carbocycles. The molecule has 1 aliphatic carbocycles. The number of carbonyl (C=O) groups excluding carboxylic acids is 1. The first-order valence-corrected chi connectivity index (χ1v) is 8.90. The quantitative estimate of drug-likeness (QED) is 0.849. The summed E-state index contributed by atoms with van der Waals surface area (Å²) >= 11 is 0. The molecule has 1 aromatic carbocycles. The van der Waals surface area contributed by atoms with Gasteiger partial charge in [0, 0.05) is 24.2 Å². The zero-order valence-electron chi connectivity index (χ0n) is 14.1. The average molecular weight is 311 g/mol. The Hall–Kier alpha value is -1.81. The molecule has 0 radical (unpaired) electrons. The lowest BCUT2D eigenvalue weighted by atomic mass is 10.1. The van der Waals surface area contributed by atoms with Gasteiger partial charge in [0.2, 0.25) is 5.91 Å². The molecule has 0 fully saturated rings. The van der Waals surface area contributed by atoms with E-state index in [0.29, 0.717) is 6.54 Å². The summed E-state index contributed by atoms with van der Waals surface area (Å²) in [5.74, 6) is 0.238. The molecule has 4 nitrogen and oxygen atoms in total. The van der Waals surface area contributed by atoms with Crippen LogP contribution in [0.4, 0.5) is 5.69 Å². The molecule has 1 amide bonds. The van der Waals surface area contributed by atoms with E-state index in [4.69, 9.17) is 0 Å². The van der Waals surface area contributed by atoms with Crippen molar-refractivity contribution in [3.05, 3.63) is 29.5 Å². The molecular formula is C19H25N3O. The predicted octanol–water partition coefficient (Wildman–Crippen LogP) is 2.82. The van der Waals surface area contributed by atoms with E-state index in [1.807, 2.05) is 4.90 Å². The predicted molar refractivity (Wildman–Crippen MR) is 94.1 cm³/mol. The van der Waals surface area contributed by atoms with Crippen LogP contribution in [0, 0.1) is 0 Å². The van der Waals surface area contributed by atoms with Gasteiger partial charge in [0.25, 0.3) is 0 Å². The van der Waals surface area contributed by atoms with Crippen LogP contribution in [-0.2, 0) is 24.2 Å². The third-order valence-corrected chi connectivity index (χ3v) is 5.54. The van der Waals surface area contributed by atoms with Crippen molar-refractivity contribution in [1.82, 2.24) is 9.47 Å². The normalized spacial score (nSPS) is 16.7. The first-order valence-electron chi connectivity index (χ1n) is 8.90. The maximum Gasteiger partial charge on any atom is 0.247 e. The number of rotatable bonds is 5. The lowest BCUT2D eigenvalue weighted by molar-refractivity contribution is -0.119. The number of hydrogen-bond donors (Lipinski definition) is 0. The van der Waals surface area contributed by atoms with Crippen molar-refractivity contribution in [3.63, 3.8) is 0 Å². The number of benzene rings is 1. The van der Waals surface area contributed by atoms with Gasteiger partial charge >= 0.3 is 0 Å². The first-order chi connectivity index (χ1) is 11.2. The minimum Gasteiger partial charge on any atom is -0.333 e. The van der Waals surface area contributed by atoms with E-state index in [0.717, 1.165) is 44.7 Å². The Morgan fingerprint density at radius 1 is 1.17 bits per heavy atom.